The van der Waals surface area contributed by atoms with Crippen LogP contribution < -0.4 is 10.1 Å². The van der Waals surface area contributed by atoms with Crippen LogP contribution in [-0.2, 0) is 13.0 Å². The highest BCUT2D eigenvalue weighted by atomic mass is 16.5. The largest absolute Gasteiger partial charge is 0.478 e. The molecule has 3 nitrogen and oxygen atoms in total. The third-order valence-electron chi connectivity index (χ3n) is 3.67. The fourth-order valence-electron chi connectivity index (χ4n) is 2.29. The van der Waals surface area contributed by atoms with Gasteiger partial charge in [0.1, 0.15) is 0 Å². The second kappa shape index (κ2) is 7.23. The topological polar surface area (TPSA) is 34.1 Å². The van der Waals surface area contributed by atoms with Crippen LogP contribution in [0.5, 0.6) is 5.88 Å². The lowest BCUT2D eigenvalue weighted by molar-refractivity contribution is 0.299. The molecule has 0 unspecified atom stereocenters. The van der Waals surface area contributed by atoms with Crippen molar-refractivity contribution in [1.82, 2.24) is 10.3 Å². The molecular formula is C18H22N2O. The number of rotatable bonds is 8. The molecule has 3 rings (SSSR count). The van der Waals surface area contributed by atoms with E-state index in [1.165, 1.54) is 24.0 Å². The van der Waals surface area contributed by atoms with Crippen molar-refractivity contribution in [2.24, 2.45) is 0 Å². The summed E-state index contributed by atoms with van der Waals surface area (Å²) in [7, 11) is 0. The van der Waals surface area contributed by atoms with Crippen LogP contribution in [0.15, 0.2) is 48.7 Å². The minimum Gasteiger partial charge on any atom is -0.478 e. The van der Waals surface area contributed by atoms with Gasteiger partial charge in [0, 0.05) is 24.8 Å². The Morgan fingerprint density at radius 1 is 1.10 bits per heavy atom. The molecule has 1 aliphatic carbocycles. The number of ether oxygens (including phenoxy) is 1. The smallest absolute Gasteiger partial charge is 0.213 e. The van der Waals surface area contributed by atoms with Crippen LogP contribution in [0.4, 0.5) is 0 Å². The Morgan fingerprint density at radius 2 is 1.95 bits per heavy atom. The number of benzene rings is 1. The molecule has 1 N–H and O–H groups in total. The molecule has 0 radical (unpaired) electrons. The van der Waals surface area contributed by atoms with Gasteiger partial charge in [-0.3, -0.25) is 0 Å². The van der Waals surface area contributed by atoms with E-state index in [2.05, 4.69) is 34.6 Å². The Bertz CT molecular complexity index is 552. The molecule has 1 aliphatic rings. The summed E-state index contributed by atoms with van der Waals surface area (Å²) in [5.74, 6) is 0.734. The van der Waals surface area contributed by atoms with Crippen LogP contribution in [0, 0.1) is 0 Å². The van der Waals surface area contributed by atoms with E-state index >= 15 is 0 Å². The van der Waals surface area contributed by atoms with E-state index in [-0.39, 0.29) is 0 Å². The van der Waals surface area contributed by atoms with Gasteiger partial charge in [0.15, 0.2) is 0 Å². The first-order valence-electron chi connectivity index (χ1n) is 7.75. The summed E-state index contributed by atoms with van der Waals surface area (Å²) in [6.45, 7) is 1.62. The van der Waals surface area contributed by atoms with E-state index in [0.29, 0.717) is 6.61 Å². The van der Waals surface area contributed by atoms with Gasteiger partial charge >= 0.3 is 0 Å². The zero-order valence-corrected chi connectivity index (χ0v) is 12.3. The lowest BCUT2D eigenvalue weighted by atomic mass is 10.1. The van der Waals surface area contributed by atoms with Gasteiger partial charge in [-0.25, -0.2) is 4.98 Å². The van der Waals surface area contributed by atoms with E-state index in [1.807, 2.05) is 24.4 Å². The van der Waals surface area contributed by atoms with Crippen LogP contribution in [-0.4, -0.2) is 17.6 Å². The molecule has 0 bridgehead atoms. The fourth-order valence-corrected chi connectivity index (χ4v) is 2.29. The number of hydrogen-bond acceptors (Lipinski definition) is 3. The van der Waals surface area contributed by atoms with Crippen LogP contribution >= 0.6 is 0 Å². The van der Waals surface area contributed by atoms with E-state index in [9.17, 15) is 0 Å². The van der Waals surface area contributed by atoms with Gasteiger partial charge in [0.25, 0.3) is 0 Å². The van der Waals surface area contributed by atoms with Crippen molar-refractivity contribution in [3.63, 3.8) is 0 Å². The first-order valence-corrected chi connectivity index (χ1v) is 7.75. The van der Waals surface area contributed by atoms with Crippen LogP contribution in [0.25, 0.3) is 0 Å². The number of hydrogen-bond donors (Lipinski definition) is 1. The molecule has 0 spiro atoms. The minimum absolute atomic E-state index is 0.710. The minimum atomic E-state index is 0.710. The van der Waals surface area contributed by atoms with Gasteiger partial charge in [0.2, 0.25) is 5.88 Å². The van der Waals surface area contributed by atoms with E-state index in [4.69, 9.17) is 4.74 Å². The van der Waals surface area contributed by atoms with Crippen molar-refractivity contribution in [1.29, 1.82) is 0 Å². The molecule has 0 aliphatic heterocycles. The maximum atomic E-state index is 5.75. The average molecular weight is 282 g/mol. The number of pyridine rings is 1. The van der Waals surface area contributed by atoms with Crippen LogP contribution in [0.1, 0.15) is 30.4 Å². The third kappa shape index (κ3) is 4.87. The predicted octanol–water partition coefficient (Wildman–Crippen LogP) is 3.35. The molecule has 110 valence electrons. The predicted molar refractivity (Wildman–Crippen MR) is 84.4 cm³/mol. The summed E-state index contributed by atoms with van der Waals surface area (Å²) in [5.41, 5.74) is 2.60. The van der Waals surface area contributed by atoms with Crippen molar-refractivity contribution in [2.45, 2.75) is 38.3 Å². The molecule has 2 aromatic rings. The third-order valence-corrected chi connectivity index (χ3v) is 3.67. The molecule has 3 heteroatoms. The molecule has 1 saturated carbocycles. The molecule has 0 atom stereocenters. The lowest BCUT2D eigenvalue weighted by Gasteiger charge is -2.08. The Morgan fingerprint density at radius 3 is 2.76 bits per heavy atom. The SMILES string of the molecule is c1ccc(CCCOc2cc(CNC3CC3)ccn2)cc1. The van der Waals surface area contributed by atoms with Gasteiger partial charge < -0.3 is 10.1 Å². The van der Waals surface area contributed by atoms with Crippen molar-refractivity contribution in [2.75, 3.05) is 6.61 Å². The quantitative estimate of drug-likeness (QED) is 0.754. The highest BCUT2D eigenvalue weighted by Gasteiger charge is 2.19. The second-order valence-electron chi connectivity index (χ2n) is 5.60. The second-order valence-corrected chi connectivity index (χ2v) is 5.60. The number of aromatic nitrogens is 1. The molecular weight excluding hydrogens is 260 g/mol. The Labute approximate surface area is 126 Å². The highest BCUT2D eigenvalue weighted by molar-refractivity contribution is 5.20. The van der Waals surface area contributed by atoms with Gasteiger partial charge in [0.05, 0.1) is 6.61 Å². The van der Waals surface area contributed by atoms with Crippen molar-refractivity contribution in [3.8, 4) is 5.88 Å². The zero-order valence-electron chi connectivity index (χ0n) is 12.3. The Hall–Kier alpha value is -1.87. The maximum Gasteiger partial charge on any atom is 0.213 e. The summed E-state index contributed by atoms with van der Waals surface area (Å²) in [4.78, 5) is 4.28. The molecule has 0 amide bonds. The highest BCUT2D eigenvalue weighted by Crippen LogP contribution is 2.19. The summed E-state index contributed by atoms with van der Waals surface area (Å²) >= 11 is 0. The summed E-state index contributed by atoms with van der Waals surface area (Å²) in [5, 5.41) is 3.51. The van der Waals surface area contributed by atoms with Gasteiger partial charge in [-0.05, 0) is 42.9 Å². The standard InChI is InChI=1S/C18H22N2O/c1-2-5-15(6-3-1)7-4-12-21-18-13-16(10-11-19-18)14-20-17-8-9-17/h1-3,5-6,10-11,13,17,20H,4,7-9,12,14H2. The van der Waals surface area contributed by atoms with Gasteiger partial charge in [-0.1, -0.05) is 30.3 Å². The normalized spacial score (nSPS) is 14.1. The van der Waals surface area contributed by atoms with Crippen LogP contribution in [0.2, 0.25) is 0 Å². The number of nitrogens with one attached hydrogen (secondary N) is 1. The zero-order chi connectivity index (χ0) is 14.3. The Kier molecular flexibility index (Phi) is 4.85. The van der Waals surface area contributed by atoms with Crippen LogP contribution in [0.3, 0.4) is 0 Å². The first-order chi connectivity index (χ1) is 10.4. The molecule has 1 fully saturated rings. The van der Waals surface area contributed by atoms with Crippen molar-refractivity contribution >= 4 is 0 Å². The first kappa shape index (κ1) is 14.1. The molecule has 1 aromatic heterocycles. The van der Waals surface area contributed by atoms with Gasteiger partial charge in [-0.15, -0.1) is 0 Å². The van der Waals surface area contributed by atoms with Crippen molar-refractivity contribution in [3.05, 3.63) is 59.8 Å². The molecule has 1 heterocycles. The van der Waals surface area contributed by atoms with Crippen molar-refractivity contribution < 1.29 is 4.74 Å². The van der Waals surface area contributed by atoms with E-state index in [1.54, 1.807) is 0 Å². The van der Waals surface area contributed by atoms with E-state index < -0.39 is 0 Å². The van der Waals surface area contributed by atoms with E-state index in [0.717, 1.165) is 31.3 Å². The monoisotopic (exact) mass is 282 g/mol. The maximum absolute atomic E-state index is 5.75. The Balaban J connectivity index is 1.41. The van der Waals surface area contributed by atoms with Gasteiger partial charge in [-0.2, -0.15) is 0 Å². The summed E-state index contributed by atoms with van der Waals surface area (Å²) < 4.78 is 5.75. The summed E-state index contributed by atoms with van der Waals surface area (Å²) in [6.07, 6.45) is 6.51. The molecule has 0 saturated heterocycles. The number of aryl methyl sites for hydroxylation is 1. The summed E-state index contributed by atoms with van der Waals surface area (Å²) in [6, 6.07) is 15.3. The lowest BCUT2D eigenvalue weighted by Crippen LogP contribution is -2.15. The fraction of sp³-hybridized carbons (Fsp3) is 0.389. The molecule has 1 aromatic carbocycles. The molecule has 21 heavy (non-hydrogen) atoms. The number of nitrogens with zero attached hydrogens (tertiary/aromatic N) is 1. The average Bonchev–Trinajstić information content (AvgIpc) is 3.35.